The van der Waals surface area contributed by atoms with Crippen LogP contribution in [0.4, 0.5) is 0 Å². The summed E-state index contributed by atoms with van der Waals surface area (Å²) in [7, 11) is -4.75. The second-order valence-electron chi connectivity index (χ2n) is 4.25. The van der Waals surface area contributed by atoms with Gasteiger partial charge in [-0.05, 0) is 0 Å². The third-order valence-electron chi connectivity index (χ3n) is 2.62. The summed E-state index contributed by atoms with van der Waals surface area (Å²) < 4.78 is 41.5. The number of aliphatic hydroxyl groups excluding tert-OH is 4. The summed E-state index contributed by atoms with van der Waals surface area (Å²) in [4.78, 5) is 10.8. The monoisotopic (exact) mass is 315 g/mol. The second kappa shape index (κ2) is 6.87. The van der Waals surface area contributed by atoms with Crippen LogP contribution in [0, 0.1) is 0 Å². The van der Waals surface area contributed by atoms with Gasteiger partial charge < -0.3 is 34.5 Å². The van der Waals surface area contributed by atoms with Crippen LogP contribution in [0.1, 0.15) is 0 Å². The van der Waals surface area contributed by atoms with E-state index in [1.807, 2.05) is 0 Å². The van der Waals surface area contributed by atoms with Gasteiger partial charge in [0.2, 0.25) is 0 Å². The smallest absolute Gasteiger partial charge is 0.187 e. The van der Waals surface area contributed by atoms with Crippen LogP contribution >= 0.6 is 0 Å². The molecule has 1 heterocycles. The molecule has 10 nitrogen and oxygen atoms in total. The quantitative estimate of drug-likeness (QED) is 0.353. The number of hydrogen-bond acceptors (Lipinski definition) is 10. The molecule has 0 aliphatic carbocycles. The van der Waals surface area contributed by atoms with Gasteiger partial charge >= 0.3 is 0 Å². The van der Waals surface area contributed by atoms with Crippen molar-refractivity contribution in [2.75, 3.05) is 19.0 Å². The summed E-state index contributed by atoms with van der Waals surface area (Å²) in [5.41, 5.74) is 0. The molecule has 1 saturated heterocycles. The zero-order valence-corrected chi connectivity index (χ0v) is 11.0. The SMILES string of the molecule is O=C(CO)CO[C@H]1O[C@H](CS(=O)(=O)[O-])[C@@H](O)[C@H](O)[C@H]1O. The Kier molecular flexibility index (Phi) is 5.97. The molecule has 1 rings (SSSR count). The molecule has 11 heteroatoms. The molecule has 0 spiro atoms. The fraction of sp³-hybridized carbons (Fsp3) is 0.889. The lowest BCUT2D eigenvalue weighted by atomic mass is 10.00. The van der Waals surface area contributed by atoms with Gasteiger partial charge in [0, 0.05) is 0 Å². The molecule has 1 aliphatic heterocycles. The van der Waals surface area contributed by atoms with E-state index < -0.39 is 65.6 Å². The van der Waals surface area contributed by atoms with Gasteiger partial charge in [0.15, 0.2) is 12.1 Å². The largest absolute Gasteiger partial charge is 0.748 e. The summed E-state index contributed by atoms with van der Waals surface area (Å²) in [5.74, 6) is -1.87. The van der Waals surface area contributed by atoms with Crippen LogP contribution in [-0.2, 0) is 24.4 Å². The van der Waals surface area contributed by atoms with E-state index in [4.69, 9.17) is 14.6 Å². The number of rotatable bonds is 6. The number of carbonyl (C=O) groups excluding carboxylic acids is 1. The molecule has 118 valence electrons. The van der Waals surface area contributed by atoms with Crippen molar-refractivity contribution in [2.24, 2.45) is 0 Å². The molecule has 0 aromatic rings. The Hall–Kier alpha value is -0.660. The number of ketones is 1. The van der Waals surface area contributed by atoms with Crippen LogP contribution in [0.2, 0.25) is 0 Å². The van der Waals surface area contributed by atoms with E-state index in [0.717, 1.165) is 0 Å². The zero-order chi connectivity index (χ0) is 15.5. The molecule has 20 heavy (non-hydrogen) atoms. The molecule has 0 amide bonds. The molecule has 0 aromatic carbocycles. The highest BCUT2D eigenvalue weighted by Crippen LogP contribution is 2.23. The van der Waals surface area contributed by atoms with Crippen LogP contribution in [0.25, 0.3) is 0 Å². The van der Waals surface area contributed by atoms with Gasteiger partial charge in [-0.25, -0.2) is 8.42 Å². The zero-order valence-electron chi connectivity index (χ0n) is 10.2. The molecule has 0 saturated carbocycles. The fourth-order valence-corrected chi connectivity index (χ4v) is 2.29. The van der Waals surface area contributed by atoms with Crippen molar-refractivity contribution < 1.29 is 47.7 Å². The molecule has 0 aromatic heterocycles. The van der Waals surface area contributed by atoms with Crippen molar-refractivity contribution in [1.29, 1.82) is 0 Å². The summed E-state index contributed by atoms with van der Waals surface area (Å²) >= 11 is 0. The van der Waals surface area contributed by atoms with Gasteiger partial charge in [0.25, 0.3) is 0 Å². The highest BCUT2D eigenvalue weighted by atomic mass is 32.2. The maximum absolute atomic E-state index is 10.8. The summed E-state index contributed by atoms with van der Waals surface area (Å²) in [6.07, 6.45) is -8.59. The average molecular weight is 315 g/mol. The first-order valence-corrected chi connectivity index (χ1v) is 7.11. The summed E-state index contributed by atoms with van der Waals surface area (Å²) in [6.45, 7) is -1.47. The van der Waals surface area contributed by atoms with Crippen molar-refractivity contribution in [3.63, 3.8) is 0 Å². The Morgan fingerprint density at radius 1 is 1.20 bits per heavy atom. The Morgan fingerprint density at radius 3 is 2.30 bits per heavy atom. The first-order chi connectivity index (χ1) is 9.15. The predicted molar refractivity (Wildman–Crippen MR) is 59.3 cm³/mol. The molecular weight excluding hydrogens is 300 g/mol. The summed E-state index contributed by atoms with van der Waals surface area (Å²) in [5, 5.41) is 37.1. The summed E-state index contributed by atoms with van der Waals surface area (Å²) in [6, 6.07) is 0. The van der Waals surface area contributed by atoms with Crippen molar-refractivity contribution in [2.45, 2.75) is 30.7 Å². The van der Waals surface area contributed by atoms with E-state index in [1.165, 1.54) is 0 Å². The van der Waals surface area contributed by atoms with Crippen LogP contribution in [0.5, 0.6) is 0 Å². The van der Waals surface area contributed by atoms with Gasteiger partial charge in [-0.2, -0.15) is 0 Å². The number of carbonyl (C=O) groups is 1. The third kappa shape index (κ3) is 4.71. The van der Waals surface area contributed by atoms with E-state index in [9.17, 15) is 33.1 Å². The average Bonchev–Trinajstić information content (AvgIpc) is 2.36. The standard InChI is InChI=1S/C9H16O10S/c10-1-4(11)2-18-9-8(14)7(13)6(12)5(19-9)3-20(15,16)17/h5-10,12-14H,1-3H2,(H,15,16,17)/p-1/t5-,6-,7+,8-,9+/m1/s1. The van der Waals surface area contributed by atoms with E-state index in [2.05, 4.69) is 0 Å². The molecule has 4 N–H and O–H groups in total. The van der Waals surface area contributed by atoms with Crippen LogP contribution in [-0.4, -0.2) is 88.9 Å². The molecule has 0 bridgehead atoms. The van der Waals surface area contributed by atoms with Gasteiger partial charge in [-0.15, -0.1) is 0 Å². The van der Waals surface area contributed by atoms with Crippen molar-refractivity contribution >= 4 is 15.9 Å². The van der Waals surface area contributed by atoms with Gasteiger partial charge in [-0.1, -0.05) is 0 Å². The molecular formula is C9H15O10S-. The first-order valence-electron chi connectivity index (χ1n) is 5.53. The van der Waals surface area contributed by atoms with Crippen molar-refractivity contribution in [3.8, 4) is 0 Å². The lowest BCUT2D eigenvalue weighted by Crippen LogP contribution is -2.59. The number of hydrogen-bond donors (Lipinski definition) is 4. The van der Waals surface area contributed by atoms with Crippen LogP contribution in [0.3, 0.4) is 0 Å². The number of aliphatic hydroxyl groups is 4. The van der Waals surface area contributed by atoms with E-state index in [-0.39, 0.29) is 0 Å². The predicted octanol–water partition coefficient (Wildman–Crippen LogP) is -4.08. The highest BCUT2D eigenvalue weighted by molar-refractivity contribution is 7.85. The molecule has 1 fully saturated rings. The van der Waals surface area contributed by atoms with Crippen LogP contribution in [0.15, 0.2) is 0 Å². The number of Topliss-reactive ketones (excluding diaryl/α,β-unsaturated/α-hetero) is 1. The van der Waals surface area contributed by atoms with E-state index in [1.54, 1.807) is 0 Å². The molecule has 1 aliphatic rings. The maximum atomic E-state index is 10.8. The lowest BCUT2D eigenvalue weighted by molar-refractivity contribution is -0.290. The van der Waals surface area contributed by atoms with Gasteiger partial charge in [0.1, 0.15) is 37.6 Å². The molecule has 0 unspecified atom stereocenters. The van der Waals surface area contributed by atoms with E-state index >= 15 is 0 Å². The number of ether oxygens (including phenoxy) is 2. The molecule has 5 atom stereocenters. The third-order valence-corrected chi connectivity index (χ3v) is 3.36. The topological polar surface area (TPSA) is 174 Å². The lowest BCUT2D eigenvalue weighted by Gasteiger charge is -2.40. The molecule has 0 radical (unpaired) electrons. The normalized spacial score (nSPS) is 35.0. The van der Waals surface area contributed by atoms with Gasteiger partial charge in [-0.3, -0.25) is 4.79 Å². The van der Waals surface area contributed by atoms with E-state index in [0.29, 0.717) is 0 Å². The van der Waals surface area contributed by atoms with Crippen molar-refractivity contribution in [1.82, 2.24) is 0 Å². The second-order valence-corrected chi connectivity index (χ2v) is 5.70. The Bertz CT molecular complexity index is 434. The fourth-order valence-electron chi connectivity index (χ4n) is 1.61. The minimum absolute atomic E-state index is 0.655. The Labute approximate surface area is 114 Å². The highest BCUT2D eigenvalue weighted by Gasteiger charge is 2.44. The Balaban J connectivity index is 2.73. The van der Waals surface area contributed by atoms with Crippen molar-refractivity contribution in [3.05, 3.63) is 0 Å². The van der Waals surface area contributed by atoms with Gasteiger partial charge in [0.05, 0.1) is 15.9 Å². The minimum Gasteiger partial charge on any atom is -0.748 e. The first kappa shape index (κ1) is 17.4. The maximum Gasteiger partial charge on any atom is 0.187 e. The Morgan fingerprint density at radius 2 is 1.80 bits per heavy atom. The van der Waals surface area contributed by atoms with Crippen LogP contribution < -0.4 is 0 Å². The minimum atomic E-state index is -4.75.